The molecule has 2 aromatic rings. The first-order valence-electron chi connectivity index (χ1n) is 10.9. The molecular formula is C26H33BrO6. The normalized spacial score (nSPS) is 17.6. The second kappa shape index (κ2) is 12.1. The highest BCUT2D eigenvalue weighted by atomic mass is 79.9. The number of benzene rings is 2. The van der Waals surface area contributed by atoms with Crippen molar-refractivity contribution in [1.29, 1.82) is 0 Å². The Kier molecular flexibility index (Phi) is 9.77. The van der Waals surface area contributed by atoms with Crippen LogP contribution in [-0.2, 0) is 11.2 Å². The fourth-order valence-corrected chi connectivity index (χ4v) is 4.49. The summed E-state index contributed by atoms with van der Waals surface area (Å²) in [5, 5.41) is 10.6. The minimum atomic E-state index is -0.398. The van der Waals surface area contributed by atoms with Crippen LogP contribution in [0.1, 0.15) is 79.7 Å². The van der Waals surface area contributed by atoms with Gasteiger partial charge in [0.25, 0.3) is 0 Å². The molecule has 0 aliphatic heterocycles. The van der Waals surface area contributed by atoms with E-state index in [0.29, 0.717) is 45.5 Å². The second-order valence-corrected chi connectivity index (χ2v) is 8.88. The first-order valence-corrected chi connectivity index (χ1v) is 11.7. The molecule has 6 nitrogen and oxygen atoms in total. The molecule has 7 heteroatoms. The molecule has 1 aliphatic rings. The molecule has 1 fully saturated rings. The predicted molar refractivity (Wildman–Crippen MR) is 132 cm³/mol. The first kappa shape index (κ1) is 26.7. The Morgan fingerprint density at radius 3 is 2.30 bits per heavy atom. The molecule has 1 aliphatic carbocycles. The van der Waals surface area contributed by atoms with E-state index in [9.17, 15) is 14.7 Å². The summed E-state index contributed by atoms with van der Waals surface area (Å²) in [6.07, 6.45) is 4.82. The number of Topliss-reactive ketones (excluding diaryl/α,β-unsaturated/α-hetero) is 1. The number of aromatic hydroxyl groups is 1. The number of phenolic OH excluding ortho intramolecular Hbond substituents is 1. The number of methoxy groups -OCH3 is 1. The van der Waals surface area contributed by atoms with Gasteiger partial charge in [-0.05, 0) is 78.9 Å². The Hall–Kier alpha value is -2.54. The Bertz CT molecular complexity index is 987. The van der Waals surface area contributed by atoms with Crippen LogP contribution in [0.4, 0.5) is 0 Å². The van der Waals surface area contributed by atoms with E-state index in [1.807, 2.05) is 6.92 Å². The fourth-order valence-electron chi connectivity index (χ4n) is 4.02. The van der Waals surface area contributed by atoms with Gasteiger partial charge in [-0.3, -0.25) is 4.79 Å². The zero-order valence-corrected chi connectivity index (χ0v) is 20.2. The number of halogens is 1. The zero-order chi connectivity index (χ0) is 23.3. The SMILES string of the molecule is C.CCCc1c(OC2CCCC(Oc3ccc(C(=O)OC)cc3Br)C2)ccc(C(C)=O)c1O. The molecule has 33 heavy (non-hydrogen) atoms. The van der Waals surface area contributed by atoms with E-state index in [1.54, 1.807) is 30.3 Å². The number of ether oxygens (including phenoxy) is 3. The van der Waals surface area contributed by atoms with Gasteiger partial charge in [0, 0.05) is 12.0 Å². The van der Waals surface area contributed by atoms with Crippen molar-refractivity contribution in [3.63, 3.8) is 0 Å². The first-order chi connectivity index (χ1) is 15.3. The maximum Gasteiger partial charge on any atom is 0.337 e. The number of hydrogen-bond acceptors (Lipinski definition) is 6. The van der Waals surface area contributed by atoms with Gasteiger partial charge in [-0.25, -0.2) is 4.79 Å². The molecule has 3 rings (SSSR count). The molecular weight excluding hydrogens is 488 g/mol. The number of carbonyl (C=O) groups excluding carboxylic acids is 2. The van der Waals surface area contributed by atoms with Crippen molar-refractivity contribution in [3.05, 3.63) is 51.5 Å². The van der Waals surface area contributed by atoms with Crippen molar-refractivity contribution >= 4 is 27.7 Å². The van der Waals surface area contributed by atoms with Gasteiger partial charge in [0.1, 0.15) is 29.5 Å². The summed E-state index contributed by atoms with van der Waals surface area (Å²) in [5.41, 5.74) is 1.46. The van der Waals surface area contributed by atoms with Crippen LogP contribution in [0.3, 0.4) is 0 Å². The lowest BCUT2D eigenvalue weighted by molar-refractivity contribution is 0.0600. The summed E-state index contributed by atoms with van der Waals surface area (Å²) >= 11 is 3.47. The average Bonchev–Trinajstić information content (AvgIpc) is 2.77. The van der Waals surface area contributed by atoms with Crippen molar-refractivity contribution in [2.75, 3.05) is 7.11 Å². The van der Waals surface area contributed by atoms with Crippen LogP contribution < -0.4 is 9.47 Å². The third kappa shape index (κ3) is 6.50. The Labute approximate surface area is 204 Å². The number of rotatable bonds is 8. The molecule has 0 radical (unpaired) electrons. The summed E-state index contributed by atoms with van der Waals surface area (Å²) in [5.74, 6) is 0.753. The minimum Gasteiger partial charge on any atom is -0.507 e. The Morgan fingerprint density at radius 1 is 1.09 bits per heavy atom. The molecule has 2 aromatic carbocycles. The quantitative estimate of drug-likeness (QED) is 0.315. The van der Waals surface area contributed by atoms with Crippen LogP contribution in [0.2, 0.25) is 0 Å². The lowest BCUT2D eigenvalue weighted by Crippen LogP contribution is -2.32. The van der Waals surface area contributed by atoms with Gasteiger partial charge in [0.15, 0.2) is 5.78 Å². The van der Waals surface area contributed by atoms with Gasteiger partial charge >= 0.3 is 5.97 Å². The number of ketones is 1. The highest BCUT2D eigenvalue weighted by molar-refractivity contribution is 9.10. The maximum atomic E-state index is 11.8. The number of hydrogen-bond donors (Lipinski definition) is 1. The highest BCUT2D eigenvalue weighted by Crippen LogP contribution is 2.36. The van der Waals surface area contributed by atoms with Gasteiger partial charge < -0.3 is 19.3 Å². The van der Waals surface area contributed by atoms with Crippen molar-refractivity contribution in [2.45, 2.75) is 72.0 Å². The average molecular weight is 521 g/mol. The summed E-state index contributed by atoms with van der Waals surface area (Å²) in [4.78, 5) is 23.5. The predicted octanol–water partition coefficient (Wildman–Crippen LogP) is 6.50. The molecule has 0 bridgehead atoms. The summed E-state index contributed by atoms with van der Waals surface area (Å²) in [6, 6.07) is 8.54. The van der Waals surface area contributed by atoms with Crippen LogP contribution >= 0.6 is 15.9 Å². The van der Waals surface area contributed by atoms with Crippen LogP contribution in [-0.4, -0.2) is 36.2 Å². The number of carbonyl (C=O) groups is 2. The molecule has 0 saturated heterocycles. The zero-order valence-electron chi connectivity index (χ0n) is 18.7. The van der Waals surface area contributed by atoms with Gasteiger partial charge in [-0.15, -0.1) is 0 Å². The van der Waals surface area contributed by atoms with E-state index in [4.69, 9.17) is 14.2 Å². The molecule has 2 unspecified atom stereocenters. The lowest BCUT2D eigenvalue weighted by Gasteiger charge is -2.31. The van der Waals surface area contributed by atoms with E-state index in [1.165, 1.54) is 14.0 Å². The van der Waals surface area contributed by atoms with Gasteiger partial charge in [-0.2, -0.15) is 0 Å². The molecule has 0 amide bonds. The van der Waals surface area contributed by atoms with Crippen molar-refractivity contribution in [1.82, 2.24) is 0 Å². The third-order valence-electron chi connectivity index (χ3n) is 5.64. The topological polar surface area (TPSA) is 82.1 Å². The van der Waals surface area contributed by atoms with E-state index in [-0.39, 0.29) is 31.2 Å². The summed E-state index contributed by atoms with van der Waals surface area (Å²) < 4.78 is 17.9. The van der Waals surface area contributed by atoms with E-state index >= 15 is 0 Å². The summed E-state index contributed by atoms with van der Waals surface area (Å²) in [6.45, 7) is 3.47. The fraction of sp³-hybridized carbons (Fsp3) is 0.462. The highest BCUT2D eigenvalue weighted by Gasteiger charge is 2.27. The monoisotopic (exact) mass is 520 g/mol. The second-order valence-electron chi connectivity index (χ2n) is 8.03. The molecule has 0 aromatic heterocycles. The largest absolute Gasteiger partial charge is 0.507 e. The van der Waals surface area contributed by atoms with Crippen LogP contribution in [0.5, 0.6) is 17.2 Å². The maximum absolute atomic E-state index is 11.8. The molecule has 1 N–H and O–H groups in total. The van der Waals surface area contributed by atoms with E-state index < -0.39 is 5.97 Å². The molecule has 0 spiro atoms. The molecule has 1 saturated carbocycles. The van der Waals surface area contributed by atoms with Crippen molar-refractivity contribution in [3.8, 4) is 17.2 Å². The standard InChI is InChI=1S/C25H29BrO6.CH4/c1-4-6-20-22(12-10-19(15(2)27)24(20)28)31-17-7-5-8-18(14-17)32-23-11-9-16(13-21(23)26)25(29)30-3;/h9-13,17-18,28H,4-8,14H2,1-3H3;1H4. The van der Waals surface area contributed by atoms with Gasteiger partial charge in [0.2, 0.25) is 0 Å². The van der Waals surface area contributed by atoms with E-state index in [0.717, 1.165) is 25.7 Å². The molecule has 0 heterocycles. The Morgan fingerprint density at radius 2 is 1.73 bits per heavy atom. The number of esters is 1. The smallest absolute Gasteiger partial charge is 0.337 e. The summed E-state index contributed by atoms with van der Waals surface area (Å²) in [7, 11) is 1.35. The van der Waals surface area contributed by atoms with Gasteiger partial charge in [0.05, 0.1) is 22.7 Å². The number of phenols is 1. The third-order valence-corrected chi connectivity index (χ3v) is 6.26. The van der Waals surface area contributed by atoms with Crippen LogP contribution in [0, 0.1) is 0 Å². The minimum absolute atomic E-state index is 0. The molecule has 2 atom stereocenters. The van der Waals surface area contributed by atoms with Crippen molar-refractivity contribution < 1.29 is 28.9 Å². The van der Waals surface area contributed by atoms with Crippen LogP contribution in [0.15, 0.2) is 34.8 Å². The molecule has 180 valence electrons. The van der Waals surface area contributed by atoms with E-state index in [2.05, 4.69) is 15.9 Å². The van der Waals surface area contributed by atoms with Crippen molar-refractivity contribution in [2.24, 2.45) is 0 Å². The Balaban J connectivity index is 0.00000385. The lowest BCUT2D eigenvalue weighted by atomic mass is 9.94. The van der Waals surface area contributed by atoms with Crippen LogP contribution in [0.25, 0.3) is 0 Å². The van der Waals surface area contributed by atoms with Gasteiger partial charge in [-0.1, -0.05) is 20.8 Å².